The van der Waals surface area contributed by atoms with E-state index in [-0.39, 0.29) is 12.3 Å². The van der Waals surface area contributed by atoms with E-state index in [0.29, 0.717) is 13.2 Å². The van der Waals surface area contributed by atoms with Gasteiger partial charge in [0.2, 0.25) is 11.7 Å². The van der Waals surface area contributed by atoms with E-state index in [1.807, 2.05) is 19.1 Å². The predicted octanol–water partition coefficient (Wildman–Crippen LogP) is 0.160. The van der Waals surface area contributed by atoms with Crippen molar-refractivity contribution in [2.45, 2.75) is 25.2 Å². The quantitative estimate of drug-likeness (QED) is 0.722. The molecular formula is C14H19NO6S. The van der Waals surface area contributed by atoms with Crippen LogP contribution in [0.4, 0.5) is 0 Å². The van der Waals surface area contributed by atoms with Crippen LogP contribution in [0.15, 0.2) is 12.1 Å². The largest absolute Gasteiger partial charge is 0.467 e. The first-order valence-electron chi connectivity index (χ1n) is 6.83. The van der Waals surface area contributed by atoms with Crippen LogP contribution >= 0.6 is 11.3 Å². The fourth-order valence-corrected chi connectivity index (χ4v) is 3.16. The standard InChI is InChI=1S/C14H19NO6S/c1-14(20-5-6-21-14)11-4-3-9(22-11)7-12(17)15-10(8-16)13(18)19-2/h3-4,10,16H,5-8H2,1-2H3,(H,15,17). The molecule has 7 nitrogen and oxygen atoms in total. The normalized spacial score (nSPS) is 18.0. The van der Waals surface area contributed by atoms with Gasteiger partial charge in [-0.3, -0.25) is 4.79 Å². The zero-order valence-corrected chi connectivity index (χ0v) is 13.3. The van der Waals surface area contributed by atoms with Crippen LogP contribution in [0.25, 0.3) is 0 Å². The summed E-state index contributed by atoms with van der Waals surface area (Å²) < 4.78 is 15.6. The molecule has 0 bridgehead atoms. The van der Waals surface area contributed by atoms with Crippen molar-refractivity contribution in [1.29, 1.82) is 0 Å². The topological polar surface area (TPSA) is 94.1 Å². The second kappa shape index (κ2) is 7.19. The van der Waals surface area contributed by atoms with Crippen LogP contribution in [-0.2, 0) is 36.0 Å². The van der Waals surface area contributed by atoms with E-state index in [9.17, 15) is 9.59 Å². The van der Waals surface area contributed by atoms with Crippen LogP contribution in [0.2, 0.25) is 0 Å². The van der Waals surface area contributed by atoms with Crippen LogP contribution in [0.1, 0.15) is 16.7 Å². The summed E-state index contributed by atoms with van der Waals surface area (Å²) >= 11 is 1.42. The molecule has 0 radical (unpaired) electrons. The van der Waals surface area contributed by atoms with Crippen molar-refractivity contribution in [2.24, 2.45) is 0 Å². The van der Waals surface area contributed by atoms with Crippen molar-refractivity contribution in [1.82, 2.24) is 5.32 Å². The molecule has 1 unspecified atom stereocenters. The van der Waals surface area contributed by atoms with Gasteiger partial charge in [0.25, 0.3) is 0 Å². The lowest BCUT2D eigenvalue weighted by Crippen LogP contribution is -2.44. The first-order valence-corrected chi connectivity index (χ1v) is 7.65. The van der Waals surface area contributed by atoms with Gasteiger partial charge in [0.15, 0.2) is 6.04 Å². The molecule has 1 amide bonds. The number of nitrogens with one attached hydrogen (secondary N) is 1. The summed E-state index contributed by atoms with van der Waals surface area (Å²) in [7, 11) is 1.20. The highest BCUT2D eigenvalue weighted by molar-refractivity contribution is 7.12. The molecule has 1 fully saturated rings. The van der Waals surface area contributed by atoms with Gasteiger partial charge in [0.05, 0.1) is 38.2 Å². The maximum absolute atomic E-state index is 11.9. The lowest BCUT2D eigenvalue weighted by molar-refractivity contribution is -0.147. The molecule has 1 aliphatic heterocycles. The third-order valence-corrected chi connectivity index (χ3v) is 4.56. The molecule has 1 saturated heterocycles. The van der Waals surface area contributed by atoms with E-state index >= 15 is 0 Å². The Hall–Kier alpha value is -1.48. The number of thiophene rings is 1. The number of ether oxygens (including phenoxy) is 3. The Kier molecular flexibility index (Phi) is 5.52. The molecule has 2 N–H and O–H groups in total. The third-order valence-electron chi connectivity index (χ3n) is 3.29. The van der Waals surface area contributed by atoms with Crippen molar-refractivity contribution >= 4 is 23.2 Å². The molecule has 0 spiro atoms. The van der Waals surface area contributed by atoms with Gasteiger partial charge in [-0.2, -0.15) is 0 Å². The summed E-state index contributed by atoms with van der Waals surface area (Å²) in [6.07, 6.45) is 0.105. The molecule has 122 valence electrons. The number of carbonyl (C=O) groups is 2. The van der Waals surface area contributed by atoms with E-state index in [0.717, 1.165) is 9.75 Å². The highest BCUT2D eigenvalue weighted by Crippen LogP contribution is 2.35. The Bertz CT molecular complexity index is 537. The van der Waals surface area contributed by atoms with Crippen LogP contribution < -0.4 is 5.32 Å². The molecule has 0 saturated carbocycles. The van der Waals surface area contributed by atoms with Gasteiger partial charge in [-0.1, -0.05) is 0 Å². The van der Waals surface area contributed by atoms with Gasteiger partial charge in [-0.15, -0.1) is 11.3 Å². The molecule has 1 aromatic heterocycles. The van der Waals surface area contributed by atoms with Crippen molar-refractivity contribution in [2.75, 3.05) is 26.9 Å². The summed E-state index contributed by atoms with van der Waals surface area (Å²) in [4.78, 5) is 25.0. The summed E-state index contributed by atoms with van der Waals surface area (Å²) in [5, 5.41) is 11.5. The van der Waals surface area contributed by atoms with E-state index < -0.39 is 24.4 Å². The molecule has 2 rings (SSSR count). The highest BCUT2D eigenvalue weighted by atomic mass is 32.1. The number of aliphatic hydroxyl groups is 1. The molecule has 22 heavy (non-hydrogen) atoms. The van der Waals surface area contributed by atoms with Crippen LogP contribution in [0.3, 0.4) is 0 Å². The Morgan fingerprint density at radius 2 is 2.14 bits per heavy atom. The number of amides is 1. The van der Waals surface area contributed by atoms with Crippen molar-refractivity contribution in [3.05, 3.63) is 21.9 Å². The van der Waals surface area contributed by atoms with E-state index in [4.69, 9.17) is 14.6 Å². The van der Waals surface area contributed by atoms with Gasteiger partial charge < -0.3 is 24.6 Å². The molecule has 1 aliphatic rings. The molecule has 1 aromatic rings. The molecular weight excluding hydrogens is 310 g/mol. The lowest BCUT2D eigenvalue weighted by atomic mass is 10.2. The van der Waals surface area contributed by atoms with Crippen LogP contribution in [0, 0.1) is 0 Å². The summed E-state index contributed by atoms with van der Waals surface area (Å²) in [6.45, 7) is 2.42. The van der Waals surface area contributed by atoms with Gasteiger partial charge >= 0.3 is 5.97 Å². The number of hydrogen-bond acceptors (Lipinski definition) is 7. The fraction of sp³-hybridized carbons (Fsp3) is 0.571. The van der Waals surface area contributed by atoms with Crippen LogP contribution in [0.5, 0.6) is 0 Å². The minimum Gasteiger partial charge on any atom is -0.467 e. The third kappa shape index (κ3) is 3.83. The van der Waals surface area contributed by atoms with E-state index in [1.54, 1.807) is 0 Å². The fourth-order valence-electron chi connectivity index (χ4n) is 2.10. The SMILES string of the molecule is COC(=O)C(CO)NC(=O)Cc1ccc(C2(C)OCCO2)s1. The number of esters is 1. The van der Waals surface area contributed by atoms with Crippen molar-refractivity contribution in [3.63, 3.8) is 0 Å². The van der Waals surface area contributed by atoms with Crippen molar-refractivity contribution in [3.8, 4) is 0 Å². The second-order valence-electron chi connectivity index (χ2n) is 4.91. The highest BCUT2D eigenvalue weighted by Gasteiger charge is 2.34. The number of aliphatic hydroxyl groups excluding tert-OH is 1. The molecule has 8 heteroatoms. The van der Waals surface area contributed by atoms with Gasteiger partial charge in [-0.05, 0) is 19.1 Å². The summed E-state index contributed by atoms with van der Waals surface area (Å²) in [5.41, 5.74) is 0. The first-order chi connectivity index (χ1) is 10.5. The minimum absolute atomic E-state index is 0.105. The average Bonchev–Trinajstić information content (AvgIpc) is 3.14. The molecule has 1 atom stereocenters. The van der Waals surface area contributed by atoms with Gasteiger partial charge in [-0.25, -0.2) is 4.79 Å². The Morgan fingerprint density at radius 3 is 2.73 bits per heavy atom. The molecule has 2 heterocycles. The maximum atomic E-state index is 11.9. The maximum Gasteiger partial charge on any atom is 0.330 e. The molecule has 0 aliphatic carbocycles. The monoisotopic (exact) mass is 329 g/mol. The lowest BCUT2D eigenvalue weighted by Gasteiger charge is -2.20. The smallest absolute Gasteiger partial charge is 0.330 e. The predicted molar refractivity (Wildman–Crippen MR) is 78.3 cm³/mol. The van der Waals surface area contributed by atoms with E-state index in [1.165, 1.54) is 18.4 Å². The first kappa shape index (κ1) is 16.9. The number of hydrogen-bond donors (Lipinski definition) is 2. The molecule has 0 aromatic carbocycles. The average molecular weight is 329 g/mol. The van der Waals surface area contributed by atoms with Gasteiger partial charge in [0, 0.05) is 4.88 Å². The van der Waals surface area contributed by atoms with Crippen LogP contribution in [-0.4, -0.2) is 50.0 Å². The Labute approximate surface area is 132 Å². The second-order valence-corrected chi connectivity index (χ2v) is 6.08. The summed E-state index contributed by atoms with van der Waals surface area (Å²) in [5.74, 6) is -1.79. The zero-order chi connectivity index (χ0) is 16.2. The van der Waals surface area contributed by atoms with Crippen molar-refractivity contribution < 1.29 is 28.9 Å². The minimum atomic E-state index is -1.05. The van der Waals surface area contributed by atoms with Gasteiger partial charge in [0.1, 0.15) is 0 Å². The number of carbonyl (C=O) groups excluding carboxylic acids is 2. The Morgan fingerprint density at radius 1 is 1.45 bits per heavy atom. The zero-order valence-electron chi connectivity index (χ0n) is 12.5. The summed E-state index contributed by atoms with van der Waals surface area (Å²) in [6, 6.07) is 2.64. The Balaban J connectivity index is 1.95. The van der Waals surface area contributed by atoms with E-state index in [2.05, 4.69) is 10.1 Å². The number of methoxy groups -OCH3 is 1. The number of rotatable bonds is 6.